The molecule has 0 saturated heterocycles. The molecule has 1 atom stereocenters. The third-order valence-electron chi connectivity index (χ3n) is 3.22. The van der Waals surface area contributed by atoms with Gasteiger partial charge in [0.1, 0.15) is 5.75 Å². The van der Waals surface area contributed by atoms with Crippen molar-refractivity contribution in [2.75, 3.05) is 12.3 Å². The molecule has 0 heterocycles. The third-order valence-corrected chi connectivity index (χ3v) is 4.72. The lowest BCUT2D eigenvalue weighted by Gasteiger charge is -2.17. The topological polar surface area (TPSA) is 38.3 Å². The molecule has 24 heavy (non-hydrogen) atoms. The second-order valence-electron chi connectivity index (χ2n) is 5.07. The first-order chi connectivity index (χ1) is 11.6. The molecule has 128 valence electrons. The zero-order valence-electron chi connectivity index (χ0n) is 13.3. The molecular formula is C18H19Cl2NO2S. The number of nitrogens with one attached hydrogen (secondary N) is 1. The van der Waals surface area contributed by atoms with Crippen LogP contribution in [0.3, 0.4) is 0 Å². The van der Waals surface area contributed by atoms with Crippen LogP contribution in [0.2, 0.25) is 10.0 Å². The van der Waals surface area contributed by atoms with Crippen molar-refractivity contribution in [3.8, 4) is 5.75 Å². The summed E-state index contributed by atoms with van der Waals surface area (Å²) in [5, 5.41) is 4.21. The number of hydrogen-bond donors (Lipinski definition) is 1. The van der Waals surface area contributed by atoms with Gasteiger partial charge in [-0.1, -0.05) is 36.2 Å². The van der Waals surface area contributed by atoms with Gasteiger partial charge in [0.2, 0.25) is 0 Å². The van der Waals surface area contributed by atoms with Crippen LogP contribution in [0.4, 0.5) is 0 Å². The van der Waals surface area contributed by atoms with E-state index < -0.39 is 6.10 Å². The SMILES string of the molecule is CC[C@H](Oc1cccc(Cl)c1)C(=O)NCCSc1ccc(Cl)cc1. The molecule has 0 radical (unpaired) electrons. The lowest BCUT2D eigenvalue weighted by atomic mass is 10.2. The quantitative estimate of drug-likeness (QED) is 0.511. The molecule has 2 aromatic rings. The Kier molecular flexibility index (Phi) is 7.76. The van der Waals surface area contributed by atoms with Crippen LogP contribution in [-0.4, -0.2) is 24.3 Å². The zero-order chi connectivity index (χ0) is 17.4. The van der Waals surface area contributed by atoms with Crippen molar-refractivity contribution < 1.29 is 9.53 Å². The molecule has 0 aliphatic rings. The highest BCUT2D eigenvalue weighted by atomic mass is 35.5. The van der Waals surface area contributed by atoms with E-state index in [0.717, 1.165) is 15.7 Å². The van der Waals surface area contributed by atoms with Gasteiger partial charge in [0.05, 0.1) is 0 Å². The maximum Gasteiger partial charge on any atom is 0.261 e. The molecule has 6 heteroatoms. The number of halogens is 2. The van der Waals surface area contributed by atoms with Crippen molar-refractivity contribution in [2.24, 2.45) is 0 Å². The van der Waals surface area contributed by atoms with Gasteiger partial charge in [-0.3, -0.25) is 4.79 Å². The minimum absolute atomic E-state index is 0.116. The number of amides is 1. The van der Waals surface area contributed by atoms with Gasteiger partial charge >= 0.3 is 0 Å². The van der Waals surface area contributed by atoms with Crippen LogP contribution < -0.4 is 10.1 Å². The summed E-state index contributed by atoms with van der Waals surface area (Å²) in [6, 6.07) is 14.7. The molecule has 3 nitrogen and oxygen atoms in total. The minimum Gasteiger partial charge on any atom is -0.481 e. The van der Waals surface area contributed by atoms with Gasteiger partial charge in [-0.05, 0) is 48.9 Å². The van der Waals surface area contributed by atoms with Crippen LogP contribution in [0.25, 0.3) is 0 Å². The third kappa shape index (κ3) is 6.27. The average Bonchev–Trinajstić information content (AvgIpc) is 2.58. The van der Waals surface area contributed by atoms with E-state index in [0.29, 0.717) is 23.7 Å². The predicted octanol–water partition coefficient (Wildman–Crippen LogP) is 5.06. The van der Waals surface area contributed by atoms with Crippen LogP contribution in [0, 0.1) is 0 Å². The van der Waals surface area contributed by atoms with Crippen molar-refractivity contribution in [3.63, 3.8) is 0 Å². The first-order valence-corrected chi connectivity index (χ1v) is 9.41. The zero-order valence-corrected chi connectivity index (χ0v) is 15.6. The van der Waals surface area contributed by atoms with Crippen molar-refractivity contribution in [2.45, 2.75) is 24.3 Å². The van der Waals surface area contributed by atoms with Crippen LogP contribution in [0.5, 0.6) is 5.75 Å². The molecule has 0 aliphatic heterocycles. The van der Waals surface area contributed by atoms with Gasteiger partial charge in [-0.15, -0.1) is 11.8 Å². The molecule has 2 rings (SSSR count). The monoisotopic (exact) mass is 383 g/mol. The first kappa shape index (κ1) is 19.0. The molecule has 0 aliphatic carbocycles. The Morgan fingerprint density at radius 3 is 2.58 bits per heavy atom. The summed E-state index contributed by atoms with van der Waals surface area (Å²) in [6.45, 7) is 2.48. The maximum atomic E-state index is 12.2. The van der Waals surface area contributed by atoms with Crippen molar-refractivity contribution in [1.29, 1.82) is 0 Å². The summed E-state index contributed by atoms with van der Waals surface area (Å²) >= 11 is 13.4. The number of rotatable bonds is 8. The fraction of sp³-hybridized carbons (Fsp3) is 0.278. The highest BCUT2D eigenvalue weighted by Crippen LogP contribution is 2.20. The van der Waals surface area contributed by atoms with E-state index >= 15 is 0 Å². The Bertz CT molecular complexity index is 664. The number of hydrogen-bond acceptors (Lipinski definition) is 3. The Balaban J connectivity index is 1.76. The minimum atomic E-state index is -0.524. The van der Waals surface area contributed by atoms with E-state index in [9.17, 15) is 4.79 Å². The van der Waals surface area contributed by atoms with Gasteiger partial charge in [-0.25, -0.2) is 0 Å². The number of carbonyl (C=O) groups excluding carboxylic acids is 1. The maximum absolute atomic E-state index is 12.2. The predicted molar refractivity (Wildman–Crippen MR) is 101 cm³/mol. The molecule has 0 fully saturated rings. The van der Waals surface area contributed by atoms with Crippen LogP contribution in [0.1, 0.15) is 13.3 Å². The van der Waals surface area contributed by atoms with Crippen molar-refractivity contribution in [3.05, 3.63) is 58.6 Å². The lowest BCUT2D eigenvalue weighted by molar-refractivity contribution is -0.127. The van der Waals surface area contributed by atoms with Crippen molar-refractivity contribution >= 4 is 40.9 Å². The number of ether oxygens (including phenoxy) is 1. The van der Waals surface area contributed by atoms with Gasteiger partial charge < -0.3 is 10.1 Å². The normalized spacial score (nSPS) is 11.8. The summed E-state index contributed by atoms with van der Waals surface area (Å²) in [6.07, 6.45) is 0.0619. The molecule has 2 aromatic carbocycles. The summed E-state index contributed by atoms with van der Waals surface area (Å²) in [5.74, 6) is 1.26. The molecule has 0 bridgehead atoms. The first-order valence-electron chi connectivity index (χ1n) is 7.67. The molecule has 1 amide bonds. The van der Waals surface area contributed by atoms with Crippen LogP contribution in [-0.2, 0) is 4.79 Å². The van der Waals surface area contributed by atoms with E-state index in [1.165, 1.54) is 0 Å². The molecular weight excluding hydrogens is 365 g/mol. The van der Waals surface area contributed by atoms with Crippen LogP contribution >= 0.6 is 35.0 Å². The molecule has 1 N–H and O–H groups in total. The van der Waals surface area contributed by atoms with E-state index in [4.69, 9.17) is 27.9 Å². The average molecular weight is 384 g/mol. The largest absolute Gasteiger partial charge is 0.481 e. The van der Waals surface area contributed by atoms with Gasteiger partial charge in [0, 0.05) is 27.2 Å². The number of carbonyl (C=O) groups is 1. The molecule has 0 aromatic heterocycles. The fourth-order valence-corrected chi connectivity index (χ4v) is 3.09. The highest BCUT2D eigenvalue weighted by molar-refractivity contribution is 7.99. The van der Waals surface area contributed by atoms with E-state index in [2.05, 4.69) is 5.32 Å². The second kappa shape index (κ2) is 9.82. The Labute approximate surface area is 156 Å². The summed E-state index contributed by atoms with van der Waals surface area (Å²) in [4.78, 5) is 13.3. The van der Waals surface area contributed by atoms with E-state index in [-0.39, 0.29) is 5.91 Å². The smallest absolute Gasteiger partial charge is 0.261 e. The van der Waals surface area contributed by atoms with Gasteiger partial charge in [0.15, 0.2) is 6.10 Å². The van der Waals surface area contributed by atoms with E-state index in [1.54, 1.807) is 36.0 Å². The highest BCUT2D eigenvalue weighted by Gasteiger charge is 2.17. The van der Waals surface area contributed by atoms with Crippen LogP contribution in [0.15, 0.2) is 53.4 Å². The lowest BCUT2D eigenvalue weighted by Crippen LogP contribution is -2.39. The number of thioether (sulfide) groups is 1. The summed E-state index contributed by atoms with van der Waals surface area (Å²) in [5.41, 5.74) is 0. The Morgan fingerprint density at radius 2 is 1.92 bits per heavy atom. The standard InChI is InChI=1S/C18H19Cl2NO2S/c1-2-17(23-15-5-3-4-14(20)12-15)18(22)21-10-11-24-16-8-6-13(19)7-9-16/h3-9,12,17H,2,10-11H2,1H3,(H,21,22)/t17-/m0/s1. The molecule has 0 saturated carbocycles. The second-order valence-corrected chi connectivity index (χ2v) is 7.11. The molecule has 0 spiro atoms. The molecule has 0 unspecified atom stereocenters. The van der Waals surface area contributed by atoms with E-state index in [1.807, 2.05) is 31.2 Å². The van der Waals surface area contributed by atoms with Gasteiger partial charge in [0.25, 0.3) is 5.91 Å². The fourth-order valence-electron chi connectivity index (χ4n) is 2.01. The Hall–Kier alpha value is -1.36. The summed E-state index contributed by atoms with van der Waals surface area (Å²) in [7, 11) is 0. The van der Waals surface area contributed by atoms with Gasteiger partial charge in [-0.2, -0.15) is 0 Å². The number of benzene rings is 2. The Morgan fingerprint density at radius 1 is 1.17 bits per heavy atom. The summed E-state index contributed by atoms with van der Waals surface area (Å²) < 4.78 is 5.72. The van der Waals surface area contributed by atoms with Crippen molar-refractivity contribution in [1.82, 2.24) is 5.32 Å².